The monoisotopic (exact) mass is 311 g/mol. The molecular formula is C15H25N3O4. The highest BCUT2D eigenvalue weighted by atomic mass is 16.4. The Bertz CT molecular complexity index is 452. The molecule has 2 aliphatic rings. The van der Waals surface area contributed by atoms with Crippen LogP contribution in [0.1, 0.15) is 46.0 Å². The summed E-state index contributed by atoms with van der Waals surface area (Å²) in [4.78, 5) is 37.0. The number of carboxylic acids is 1. The molecule has 2 rings (SSSR count). The smallest absolute Gasteiger partial charge is 0.318 e. The minimum Gasteiger partial charge on any atom is -0.481 e. The summed E-state index contributed by atoms with van der Waals surface area (Å²) in [6.07, 6.45) is 3.24. The fraction of sp³-hybridized carbons (Fsp3) is 0.800. The molecule has 3 N–H and O–H groups in total. The van der Waals surface area contributed by atoms with Crippen LogP contribution in [0.2, 0.25) is 0 Å². The van der Waals surface area contributed by atoms with E-state index in [1.807, 2.05) is 13.8 Å². The number of urea groups is 1. The molecule has 1 aliphatic carbocycles. The Balaban J connectivity index is 1.89. The molecule has 22 heavy (non-hydrogen) atoms. The van der Waals surface area contributed by atoms with Crippen molar-refractivity contribution in [3.63, 3.8) is 0 Å². The van der Waals surface area contributed by atoms with Gasteiger partial charge in [-0.15, -0.1) is 0 Å². The SMILES string of the molecule is CC(C)NC(=O)N1CCC[C@H]1C(=O)N[C@H]1CC[C@@H](C(=O)O)C1. The summed E-state index contributed by atoms with van der Waals surface area (Å²) in [5, 5.41) is 14.7. The van der Waals surface area contributed by atoms with Crippen LogP contribution < -0.4 is 10.6 Å². The van der Waals surface area contributed by atoms with E-state index < -0.39 is 12.0 Å². The zero-order valence-corrected chi connectivity index (χ0v) is 13.2. The number of carbonyl (C=O) groups excluding carboxylic acids is 2. The number of aliphatic carboxylic acids is 1. The molecule has 0 bridgehead atoms. The standard InChI is InChI=1S/C15H25N3O4/c1-9(2)16-15(22)18-7-3-4-12(18)13(19)17-11-6-5-10(8-11)14(20)21/h9-12H,3-8H2,1-2H3,(H,16,22)(H,17,19)(H,20,21)/t10-,11+,12+/m1/s1. The van der Waals surface area contributed by atoms with Crippen LogP contribution in [-0.2, 0) is 9.59 Å². The molecule has 3 amide bonds. The van der Waals surface area contributed by atoms with E-state index >= 15 is 0 Å². The van der Waals surface area contributed by atoms with Crippen molar-refractivity contribution in [3.05, 3.63) is 0 Å². The highest BCUT2D eigenvalue weighted by Crippen LogP contribution is 2.26. The summed E-state index contributed by atoms with van der Waals surface area (Å²) >= 11 is 0. The molecule has 1 saturated carbocycles. The molecule has 7 nitrogen and oxygen atoms in total. The third-order valence-electron chi connectivity index (χ3n) is 4.36. The second kappa shape index (κ2) is 6.98. The first kappa shape index (κ1) is 16.6. The fourth-order valence-electron chi connectivity index (χ4n) is 3.25. The van der Waals surface area contributed by atoms with Crippen LogP contribution in [0.15, 0.2) is 0 Å². The quantitative estimate of drug-likeness (QED) is 0.719. The molecule has 0 radical (unpaired) electrons. The van der Waals surface area contributed by atoms with Gasteiger partial charge in [0.25, 0.3) is 0 Å². The van der Waals surface area contributed by atoms with Gasteiger partial charge in [0.15, 0.2) is 0 Å². The van der Waals surface area contributed by atoms with Crippen molar-refractivity contribution in [1.82, 2.24) is 15.5 Å². The van der Waals surface area contributed by atoms with E-state index in [1.54, 1.807) is 4.90 Å². The van der Waals surface area contributed by atoms with Gasteiger partial charge in [0.2, 0.25) is 5.91 Å². The van der Waals surface area contributed by atoms with Crippen molar-refractivity contribution in [3.8, 4) is 0 Å². The highest BCUT2D eigenvalue weighted by Gasteiger charge is 2.37. The first-order chi connectivity index (χ1) is 10.4. The minimum atomic E-state index is -0.796. The van der Waals surface area contributed by atoms with Gasteiger partial charge in [0.05, 0.1) is 5.92 Å². The lowest BCUT2D eigenvalue weighted by Gasteiger charge is -2.26. The molecule has 2 fully saturated rings. The van der Waals surface area contributed by atoms with Crippen LogP contribution in [0.5, 0.6) is 0 Å². The average molecular weight is 311 g/mol. The topological polar surface area (TPSA) is 98.7 Å². The van der Waals surface area contributed by atoms with Gasteiger partial charge in [-0.3, -0.25) is 9.59 Å². The number of carbonyl (C=O) groups is 3. The number of hydrogen-bond acceptors (Lipinski definition) is 3. The third-order valence-corrected chi connectivity index (χ3v) is 4.36. The first-order valence-corrected chi connectivity index (χ1v) is 7.98. The van der Waals surface area contributed by atoms with Crippen molar-refractivity contribution in [2.45, 2.75) is 64.1 Å². The van der Waals surface area contributed by atoms with E-state index in [2.05, 4.69) is 10.6 Å². The summed E-state index contributed by atoms with van der Waals surface area (Å²) in [6.45, 7) is 4.35. The second-order valence-corrected chi connectivity index (χ2v) is 6.51. The predicted octanol–water partition coefficient (Wildman–Crippen LogP) is 0.938. The Morgan fingerprint density at radius 3 is 2.50 bits per heavy atom. The molecule has 0 spiro atoms. The largest absolute Gasteiger partial charge is 0.481 e. The summed E-state index contributed by atoms with van der Waals surface area (Å²) in [5.74, 6) is -1.32. The number of likely N-dealkylation sites (tertiary alicyclic amines) is 1. The van der Waals surface area contributed by atoms with Crippen molar-refractivity contribution < 1.29 is 19.5 Å². The molecule has 0 aromatic carbocycles. The summed E-state index contributed by atoms with van der Waals surface area (Å²) in [6, 6.07) is -0.711. The summed E-state index contributed by atoms with van der Waals surface area (Å²) < 4.78 is 0. The molecule has 1 heterocycles. The van der Waals surface area contributed by atoms with Gasteiger partial charge >= 0.3 is 12.0 Å². The van der Waals surface area contributed by atoms with E-state index in [0.29, 0.717) is 32.2 Å². The highest BCUT2D eigenvalue weighted by molar-refractivity contribution is 5.88. The number of rotatable bonds is 4. The van der Waals surface area contributed by atoms with E-state index in [4.69, 9.17) is 5.11 Å². The Labute approximate surface area is 130 Å². The Kier molecular flexibility index (Phi) is 5.26. The molecule has 3 atom stereocenters. The molecule has 0 aromatic rings. The Morgan fingerprint density at radius 2 is 1.91 bits per heavy atom. The number of nitrogens with zero attached hydrogens (tertiary/aromatic N) is 1. The average Bonchev–Trinajstić information content (AvgIpc) is 3.06. The van der Waals surface area contributed by atoms with Gasteiger partial charge in [-0.2, -0.15) is 0 Å². The molecule has 124 valence electrons. The van der Waals surface area contributed by atoms with E-state index in [0.717, 1.165) is 6.42 Å². The molecule has 0 unspecified atom stereocenters. The minimum absolute atomic E-state index is 0.0305. The fourth-order valence-corrected chi connectivity index (χ4v) is 3.25. The Hall–Kier alpha value is -1.79. The molecule has 7 heteroatoms. The van der Waals surface area contributed by atoms with Gasteiger partial charge in [-0.05, 0) is 46.0 Å². The number of hydrogen-bond donors (Lipinski definition) is 3. The van der Waals surface area contributed by atoms with Crippen LogP contribution in [0.25, 0.3) is 0 Å². The summed E-state index contributed by atoms with van der Waals surface area (Å²) in [7, 11) is 0. The first-order valence-electron chi connectivity index (χ1n) is 7.98. The Morgan fingerprint density at radius 1 is 1.18 bits per heavy atom. The zero-order chi connectivity index (χ0) is 16.3. The number of nitrogens with one attached hydrogen (secondary N) is 2. The predicted molar refractivity (Wildman–Crippen MR) is 80.3 cm³/mol. The molecule has 1 saturated heterocycles. The van der Waals surface area contributed by atoms with Gasteiger partial charge in [0.1, 0.15) is 6.04 Å². The van der Waals surface area contributed by atoms with Crippen LogP contribution in [-0.4, -0.2) is 52.6 Å². The van der Waals surface area contributed by atoms with Crippen LogP contribution >= 0.6 is 0 Å². The van der Waals surface area contributed by atoms with Crippen molar-refractivity contribution in [2.75, 3.05) is 6.54 Å². The molecule has 0 aromatic heterocycles. The van der Waals surface area contributed by atoms with Crippen LogP contribution in [0, 0.1) is 5.92 Å². The van der Waals surface area contributed by atoms with Crippen molar-refractivity contribution >= 4 is 17.9 Å². The van der Waals surface area contributed by atoms with Crippen LogP contribution in [0.3, 0.4) is 0 Å². The van der Waals surface area contributed by atoms with Gasteiger partial charge in [-0.1, -0.05) is 0 Å². The van der Waals surface area contributed by atoms with Gasteiger partial charge < -0.3 is 20.6 Å². The maximum absolute atomic E-state index is 12.4. The van der Waals surface area contributed by atoms with Crippen molar-refractivity contribution in [1.29, 1.82) is 0 Å². The van der Waals surface area contributed by atoms with E-state index in [1.165, 1.54) is 0 Å². The summed E-state index contributed by atoms with van der Waals surface area (Å²) in [5.41, 5.74) is 0. The lowest BCUT2D eigenvalue weighted by molar-refractivity contribution is -0.141. The molecule has 1 aliphatic heterocycles. The lowest BCUT2D eigenvalue weighted by atomic mass is 10.1. The van der Waals surface area contributed by atoms with Gasteiger partial charge in [-0.25, -0.2) is 4.79 Å². The van der Waals surface area contributed by atoms with E-state index in [-0.39, 0.29) is 29.9 Å². The third kappa shape index (κ3) is 3.90. The number of carboxylic acid groups (broad SMARTS) is 1. The lowest BCUT2D eigenvalue weighted by Crippen LogP contribution is -2.52. The van der Waals surface area contributed by atoms with E-state index in [9.17, 15) is 14.4 Å². The normalized spacial score (nSPS) is 28.0. The van der Waals surface area contributed by atoms with Crippen molar-refractivity contribution in [2.24, 2.45) is 5.92 Å². The zero-order valence-electron chi connectivity index (χ0n) is 13.2. The van der Waals surface area contributed by atoms with Gasteiger partial charge in [0, 0.05) is 18.6 Å². The number of amides is 3. The second-order valence-electron chi connectivity index (χ2n) is 6.51. The van der Waals surface area contributed by atoms with Crippen LogP contribution in [0.4, 0.5) is 4.79 Å². The maximum atomic E-state index is 12.4. The maximum Gasteiger partial charge on any atom is 0.318 e. The molecular weight excluding hydrogens is 286 g/mol.